The van der Waals surface area contributed by atoms with Crippen molar-refractivity contribution in [3.63, 3.8) is 0 Å². The van der Waals surface area contributed by atoms with Crippen molar-refractivity contribution in [1.29, 1.82) is 0 Å². The van der Waals surface area contributed by atoms with Crippen molar-refractivity contribution in [3.8, 4) is 0 Å². The van der Waals surface area contributed by atoms with Crippen LogP contribution in [-0.2, 0) is 0 Å². The molecule has 0 aromatic heterocycles. The van der Waals surface area contributed by atoms with Crippen LogP contribution >= 0.6 is 0 Å². The third-order valence-electron chi connectivity index (χ3n) is 6.08. The zero-order valence-electron chi connectivity index (χ0n) is 13.3. The lowest BCUT2D eigenvalue weighted by molar-refractivity contribution is 0.0612. The van der Waals surface area contributed by atoms with Crippen molar-refractivity contribution >= 4 is 0 Å². The van der Waals surface area contributed by atoms with Crippen LogP contribution in [0.3, 0.4) is 0 Å². The van der Waals surface area contributed by atoms with Crippen molar-refractivity contribution in [2.75, 3.05) is 19.6 Å². The molecule has 3 rings (SSSR count). The Morgan fingerprint density at radius 2 is 1.84 bits per heavy atom. The normalized spacial score (nSPS) is 35.1. The highest BCUT2D eigenvalue weighted by Gasteiger charge is 2.48. The summed E-state index contributed by atoms with van der Waals surface area (Å²) in [6.07, 6.45) is 5.86. The molecule has 19 heavy (non-hydrogen) atoms. The van der Waals surface area contributed by atoms with Gasteiger partial charge in [0.2, 0.25) is 0 Å². The van der Waals surface area contributed by atoms with Crippen molar-refractivity contribution in [2.45, 2.75) is 65.5 Å². The summed E-state index contributed by atoms with van der Waals surface area (Å²) in [6, 6.07) is 1.55. The van der Waals surface area contributed by atoms with Gasteiger partial charge in [0.05, 0.1) is 0 Å². The molecule has 0 radical (unpaired) electrons. The second-order valence-corrected chi connectivity index (χ2v) is 8.11. The van der Waals surface area contributed by atoms with Crippen molar-refractivity contribution in [2.24, 2.45) is 23.2 Å². The van der Waals surface area contributed by atoms with Gasteiger partial charge >= 0.3 is 0 Å². The third-order valence-corrected chi connectivity index (χ3v) is 6.08. The van der Waals surface area contributed by atoms with Crippen LogP contribution in [0.25, 0.3) is 0 Å². The Kier molecular flexibility index (Phi) is 3.68. The highest BCUT2D eigenvalue weighted by atomic mass is 15.2. The number of nitrogens with zero attached hydrogens (tertiary/aromatic N) is 1. The molecule has 110 valence electrons. The maximum atomic E-state index is 3.84. The van der Waals surface area contributed by atoms with Crippen LogP contribution in [0, 0.1) is 23.2 Å². The predicted octanol–water partition coefficient (Wildman–Crippen LogP) is 3.13. The Labute approximate surface area is 119 Å². The lowest BCUT2D eigenvalue weighted by atomic mass is 9.89. The lowest BCUT2D eigenvalue weighted by Crippen LogP contribution is -2.60. The number of rotatable bonds is 5. The summed E-state index contributed by atoms with van der Waals surface area (Å²) in [4.78, 5) is 2.86. The minimum Gasteiger partial charge on any atom is -0.311 e. The predicted molar refractivity (Wildman–Crippen MR) is 81.2 cm³/mol. The van der Waals surface area contributed by atoms with E-state index in [-0.39, 0.29) is 0 Å². The van der Waals surface area contributed by atoms with Gasteiger partial charge in [-0.2, -0.15) is 0 Å². The van der Waals surface area contributed by atoms with Crippen molar-refractivity contribution in [3.05, 3.63) is 0 Å². The van der Waals surface area contributed by atoms with Crippen LogP contribution in [-0.4, -0.2) is 36.6 Å². The molecule has 1 aliphatic heterocycles. The Bertz CT molecular complexity index is 315. The fourth-order valence-corrected chi connectivity index (χ4v) is 3.99. The van der Waals surface area contributed by atoms with Gasteiger partial charge in [-0.1, -0.05) is 27.7 Å². The standard InChI is InChI=1S/C17H32N2/c1-12(2)16-9-18-15(14-5-6-14)10-19(16)11-17(7-8-17)13(3)4/h12-16,18H,5-11H2,1-4H3. The van der Waals surface area contributed by atoms with Gasteiger partial charge in [-0.15, -0.1) is 0 Å². The summed E-state index contributed by atoms with van der Waals surface area (Å²) in [5, 5.41) is 3.84. The van der Waals surface area contributed by atoms with Gasteiger partial charge in [-0.05, 0) is 48.9 Å². The van der Waals surface area contributed by atoms with Gasteiger partial charge in [-0.25, -0.2) is 0 Å². The van der Waals surface area contributed by atoms with E-state index in [1.807, 2.05) is 0 Å². The van der Waals surface area contributed by atoms with Crippen LogP contribution in [0.5, 0.6) is 0 Å². The van der Waals surface area contributed by atoms with Crippen molar-refractivity contribution < 1.29 is 0 Å². The van der Waals surface area contributed by atoms with Gasteiger partial charge in [0.1, 0.15) is 0 Å². The summed E-state index contributed by atoms with van der Waals surface area (Å²) in [5.41, 5.74) is 0.665. The highest BCUT2D eigenvalue weighted by molar-refractivity contribution is 5.02. The Morgan fingerprint density at radius 3 is 2.32 bits per heavy atom. The second-order valence-electron chi connectivity index (χ2n) is 8.11. The molecule has 3 fully saturated rings. The van der Waals surface area contributed by atoms with Gasteiger partial charge in [0.25, 0.3) is 0 Å². The molecule has 2 heteroatoms. The summed E-state index contributed by atoms with van der Waals surface area (Å²) >= 11 is 0. The van der Waals surface area contributed by atoms with Crippen LogP contribution in [0.15, 0.2) is 0 Å². The first-order valence-corrected chi connectivity index (χ1v) is 8.49. The average molecular weight is 264 g/mol. The first-order chi connectivity index (χ1) is 9.02. The molecular formula is C17H32N2. The van der Waals surface area contributed by atoms with E-state index in [0.29, 0.717) is 5.41 Å². The lowest BCUT2D eigenvalue weighted by Gasteiger charge is -2.45. The molecule has 3 aliphatic rings. The van der Waals surface area contributed by atoms with Gasteiger partial charge in [-0.3, -0.25) is 4.90 Å². The van der Waals surface area contributed by atoms with Crippen LogP contribution in [0.2, 0.25) is 0 Å². The molecule has 2 saturated carbocycles. The quantitative estimate of drug-likeness (QED) is 0.821. The molecule has 2 aliphatic carbocycles. The minimum absolute atomic E-state index is 0.665. The molecule has 1 N–H and O–H groups in total. The molecule has 0 bridgehead atoms. The SMILES string of the molecule is CC(C)C1CNC(C2CC2)CN1CC1(C(C)C)CC1. The molecular weight excluding hydrogens is 232 g/mol. The van der Waals surface area contributed by atoms with E-state index >= 15 is 0 Å². The van der Waals surface area contributed by atoms with E-state index in [1.165, 1.54) is 45.3 Å². The fourth-order valence-electron chi connectivity index (χ4n) is 3.99. The van der Waals surface area contributed by atoms with Crippen LogP contribution in [0.1, 0.15) is 53.4 Å². The molecule has 1 heterocycles. The molecule has 2 unspecified atom stereocenters. The van der Waals surface area contributed by atoms with E-state index in [0.717, 1.165) is 29.8 Å². The molecule has 0 amide bonds. The largest absolute Gasteiger partial charge is 0.311 e. The Balaban J connectivity index is 1.66. The second kappa shape index (κ2) is 5.04. The van der Waals surface area contributed by atoms with Gasteiger partial charge in [0, 0.05) is 31.7 Å². The topological polar surface area (TPSA) is 15.3 Å². The molecule has 1 saturated heterocycles. The number of hydrogen-bond acceptors (Lipinski definition) is 2. The van der Waals surface area contributed by atoms with E-state index in [2.05, 4.69) is 37.9 Å². The third kappa shape index (κ3) is 2.85. The molecule has 0 spiro atoms. The summed E-state index contributed by atoms with van der Waals surface area (Å²) in [6.45, 7) is 13.5. The zero-order valence-corrected chi connectivity index (χ0v) is 13.3. The Morgan fingerprint density at radius 1 is 1.16 bits per heavy atom. The number of nitrogens with one attached hydrogen (secondary N) is 1. The first kappa shape index (κ1) is 13.9. The summed E-state index contributed by atoms with van der Waals surface area (Å²) in [5.74, 6) is 2.62. The van der Waals surface area contributed by atoms with Crippen LogP contribution in [0.4, 0.5) is 0 Å². The minimum atomic E-state index is 0.665. The highest BCUT2D eigenvalue weighted by Crippen LogP contribution is 2.53. The molecule has 2 atom stereocenters. The summed E-state index contributed by atoms with van der Waals surface area (Å²) in [7, 11) is 0. The van der Waals surface area contributed by atoms with Crippen molar-refractivity contribution in [1.82, 2.24) is 10.2 Å². The Hall–Kier alpha value is -0.0800. The zero-order chi connectivity index (χ0) is 13.6. The maximum Gasteiger partial charge on any atom is 0.0244 e. The van der Waals surface area contributed by atoms with Gasteiger partial charge < -0.3 is 5.32 Å². The van der Waals surface area contributed by atoms with E-state index in [1.54, 1.807) is 0 Å². The van der Waals surface area contributed by atoms with E-state index < -0.39 is 0 Å². The van der Waals surface area contributed by atoms with Gasteiger partial charge in [0.15, 0.2) is 0 Å². The smallest absolute Gasteiger partial charge is 0.0244 e. The fraction of sp³-hybridized carbons (Fsp3) is 1.00. The average Bonchev–Trinajstić information content (AvgIpc) is 3.23. The number of piperazine rings is 1. The summed E-state index contributed by atoms with van der Waals surface area (Å²) < 4.78 is 0. The molecule has 0 aromatic rings. The first-order valence-electron chi connectivity index (χ1n) is 8.49. The molecule has 0 aromatic carbocycles. The van der Waals surface area contributed by atoms with E-state index in [9.17, 15) is 0 Å². The van der Waals surface area contributed by atoms with Crippen LogP contribution < -0.4 is 5.32 Å². The number of hydrogen-bond donors (Lipinski definition) is 1. The molecule has 2 nitrogen and oxygen atoms in total. The maximum absolute atomic E-state index is 3.84. The monoisotopic (exact) mass is 264 g/mol. The van der Waals surface area contributed by atoms with E-state index in [4.69, 9.17) is 0 Å².